The van der Waals surface area contributed by atoms with Gasteiger partial charge in [0.05, 0.1) is 24.7 Å². The highest BCUT2D eigenvalue weighted by Crippen LogP contribution is 2.42. The second-order valence-corrected chi connectivity index (χ2v) is 8.25. The highest BCUT2D eigenvalue weighted by atomic mass is 79.9. The summed E-state index contributed by atoms with van der Waals surface area (Å²) >= 11 is 3.54. The molecule has 1 aliphatic heterocycles. The average molecular weight is 467 g/mol. The van der Waals surface area contributed by atoms with Gasteiger partial charge in [0.2, 0.25) is 6.29 Å². The molecule has 29 heavy (non-hydrogen) atoms. The van der Waals surface area contributed by atoms with Gasteiger partial charge in [-0.25, -0.2) is 0 Å². The van der Waals surface area contributed by atoms with Gasteiger partial charge in [-0.2, -0.15) is 0 Å². The Balaban J connectivity index is 1.60. The van der Waals surface area contributed by atoms with E-state index in [0.717, 1.165) is 10.0 Å². The van der Waals surface area contributed by atoms with Crippen LogP contribution in [-0.4, -0.2) is 34.7 Å². The van der Waals surface area contributed by atoms with Crippen LogP contribution in [0.25, 0.3) is 0 Å². The van der Waals surface area contributed by atoms with E-state index in [1.807, 2.05) is 36.4 Å². The summed E-state index contributed by atoms with van der Waals surface area (Å²) in [4.78, 5) is 10.6. The number of allylic oxidation sites excluding steroid dienone is 2. The molecule has 1 saturated carbocycles. The van der Waals surface area contributed by atoms with Crippen LogP contribution in [0, 0.1) is 11.8 Å². The van der Waals surface area contributed by atoms with Gasteiger partial charge in [0, 0.05) is 23.2 Å². The van der Waals surface area contributed by atoms with Gasteiger partial charge in [0.25, 0.3) is 0 Å². The molecule has 3 rings (SSSR count). The van der Waals surface area contributed by atoms with E-state index in [4.69, 9.17) is 19.3 Å². The molecule has 1 heterocycles. The molecule has 0 amide bonds. The first-order valence-corrected chi connectivity index (χ1v) is 10.7. The summed E-state index contributed by atoms with van der Waals surface area (Å²) in [6.07, 6.45) is 8.55. The van der Waals surface area contributed by atoms with Crippen molar-refractivity contribution in [1.29, 1.82) is 0 Å². The zero-order valence-corrected chi connectivity index (χ0v) is 17.7. The molecule has 0 spiro atoms. The number of hydrogen-bond donors (Lipinski definition) is 2. The first-order valence-electron chi connectivity index (χ1n) is 9.92. The summed E-state index contributed by atoms with van der Waals surface area (Å²) in [5.74, 6) is -0.941. The van der Waals surface area contributed by atoms with Crippen LogP contribution in [0.15, 0.2) is 53.4 Å². The Morgan fingerprint density at radius 3 is 2.72 bits per heavy atom. The zero-order chi connectivity index (χ0) is 20.6. The fourth-order valence-electron chi connectivity index (χ4n) is 3.96. The van der Waals surface area contributed by atoms with Crippen LogP contribution in [0.1, 0.15) is 37.7 Å². The number of aliphatic hydroxyl groups excluding tert-OH is 1. The van der Waals surface area contributed by atoms with Crippen molar-refractivity contribution in [3.63, 3.8) is 0 Å². The monoisotopic (exact) mass is 466 g/mol. The molecule has 7 heteroatoms. The Bertz CT molecular complexity index is 726. The van der Waals surface area contributed by atoms with Gasteiger partial charge in [-0.3, -0.25) is 4.79 Å². The Morgan fingerprint density at radius 1 is 1.24 bits per heavy atom. The minimum atomic E-state index is -0.780. The maximum Gasteiger partial charge on any atom is 0.303 e. The second kappa shape index (κ2) is 10.8. The van der Waals surface area contributed by atoms with Gasteiger partial charge < -0.3 is 24.4 Å². The number of hydrogen-bond acceptors (Lipinski definition) is 5. The fourth-order valence-corrected chi connectivity index (χ4v) is 4.36. The van der Waals surface area contributed by atoms with Crippen molar-refractivity contribution in [2.24, 2.45) is 11.8 Å². The molecule has 4 atom stereocenters. The lowest BCUT2D eigenvalue weighted by Gasteiger charge is -2.28. The highest BCUT2D eigenvalue weighted by molar-refractivity contribution is 9.10. The summed E-state index contributed by atoms with van der Waals surface area (Å²) in [7, 11) is 0. The summed E-state index contributed by atoms with van der Waals surface area (Å²) < 4.78 is 18.4. The van der Waals surface area contributed by atoms with Crippen LogP contribution in [0.5, 0.6) is 0 Å². The number of carboxylic acid groups (broad SMARTS) is 1. The number of aliphatic hydroxyl groups is 1. The summed E-state index contributed by atoms with van der Waals surface area (Å²) in [5, 5.41) is 19.4. The van der Waals surface area contributed by atoms with E-state index in [2.05, 4.69) is 15.9 Å². The summed E-state index contributed by atoms with van der Waals surface area (Å²) in [6.45, 7) is 0.438. The molecule has 0 radical (unpaired) electrons. The first-order chi connectivity index (χ1) is 14.1. The molecule has 1 aliphatic carbocycles. The van der Waals surface area contributed by atoms with E-state index >= 15 is 0 Å². The topological polar surface area (TPSA) is 85.2 Å². The number of carboxylic acids is 1. The lowest BCUT2D eigenvalue weighted by Crippen LogP contribution is -2.35. The number of ether oxygens (including phenoxy) is 3. The van der Waals surface area contributed by atoms with Crippen molar-refractivity contribution in [2.45, 2.75) is 57.2 Å². The molecule has 6 nitrogen and oxygen atoms in total. The molecule has 2 N–H and O–H groups in total. The van der Waals surface area contributed by atoms with Crippen LogP contribution < -0.4 is 0 Å². The fraction of sp³-hybridized carbons (Fsp3) is 0.500. The van der Waals surface area contributed by atoms with Gasteiger partial charge in [-0.05, 0) is 30.9 Å². The third-order valence-electron chi connectivity index (χ3n) is 5.43. The standard InChI is InChI=1S/C22H27BrO6/c23-17-9-6-5-7-15(17)14-29-19-13-18(24)16(21(19)22-27-11-12-28-22)8-3-1-2-4-10-20(25)26/h1,3,5-7,9,11-12,16,18-19,21-22,24H,2,4,8,10,13-14H2,(H,25,26). The Labute approximate surface area is 179 Å². The van der Waals surface area contributed by atoms with Crippen LogP contribution in [-0.2, 0) is 25.6 Å². The lowest BCUT2D eigenvalue weighted by molar-refractivity contribution is -0.137. The van der Waals surface area contributed by atoms with Crippen molar-refractivity contribution in [2.75, 3.05) is 0 Å². The van der Waals surface area contributed by atoms with Gasteiger partial charge >= 0.3 is 5.97 Å². The molecule has 4 unspecified atom stereocenters. The molecule has 1 fully saturated rings. The second-order valence-electron chi connectivity index (χ2n) is 7.39. The SMILES string of the molecule is O=C(O)CCCC=CCC1C(O)CC(OCc2ccccc2Br)C1C1OC=CO1. The van der Waals surface area contributed by atoms with Crippen molar-refractivity contribution >= 4 is 21.9 Å². The number of rotatable bonds is 10. The van der Waals surface area contributed by atoms with Crippen molar-refractivity contribution in [3.05, 3.63) is 59.0 Å². The Hall–Kier alpha value is -1.83. The predicted octanol–water partition coefficient (Wildman–Crippen LogP) is 4.38. The maximum absolute atomic E-state index is 10.7. The van der Waals surface area contributed by atoms with Crippen molar-refractivity contribution in [3.8, 4) is 0 Å². The molecule has 1 aromatic carbocycles. The zero-order valence-electron chi connectivity index (χ0n) is 16.2. The molecule has 0 saturated heterocycles. The Kier molecular flexibility index (Phi) is 8.15. The van der Waals surface area contributed by atoms with Crippen LogP contribution in [0.3, 0.4) is 0 Å². The number of aliphatic carboxylic acids is 1. The highest BCUT2D eigenvalue weighted by Gasteiger charge is 2.49. The largest absolute Gasteiger partial charge is 0.481 e. The number of unbranched alkanes of at least 4 members (excludes halogenated alkanes) is 1. The minimum Gasteiger partial charge on any atom is -0.481 e. The van der Waals surface area contributed by atoms with Gasteiger partial charge in [-0.15, -0.1) is 0 Å². The van der Waals surface area contributed by atoms with Crippen LogP contribution in [0.4, 0.5) is 0 Å². The normalized spacial score (nSPS) is 26.7. The Morgan fingerprint density at radius 2 is 2.00 bits per heavy atom. The van der Waals surface area contributed by atoms with Gasteiger partial charge in [-0.1, -0.05) is 46.3 Å². The third kappa shape index (κ3) is 6.07. The van der Waals surface area contributed by atoms with E-state index in [0.29, 0.717) is 32.3 Å². The van der Waals surface area contributed by atoms with E-state index < -0.39 is 18.4 Å². The minimum absolute atomic E-state index is 0.0557. The van der Waals surface area contributed by atoms with Crippen molar-refractivity contribution in [1.82, 2.24) is 0 Å². The molecule has 1 aromatic rings. The molecule has 158 valence electrons. The third-order valence-corrected chi connectivity index (χ3v) is 6.21. The number of carbonyl (C=O) groups is 1. The molecule has 0 aromatic heterocycles. The average Bonchev–Trinajstić information content (AvgIpc) is 3.31. The van der Waals surface area contributed by atoms with Crippen LogP contribution >= 0.6 is 15.9 Å². The smallest absolute Gasteiger partial charge is 0.303 e. The first kappa shape index (κ1) is 21.9. The van der Waals surface area contributed by atoms with Crippen LogP contribution in [0.2, 0.25) is 0 Å². The molecular weight excluding hydrogens is 440 g/mol. The van der Waals surface area contributed by atoms with Gasteiger partial charge in [0.15, 0.2) is 0 Å². The molecule has 2 aliphatic rings. The molecule has 0 bridgehead atoms. The lowest BCUT2D eigenvalue weighted by atomic mass is 9.89. The summed E-state index contributed by atoms with van der Waals surface area (Å²) in [5.41, 5.74) is 1.05. The van der Waals surface area contributed by atoms with Gasteiger partial charge in [0.1, 0.15) is 12.5 Å². The summed E-state index contributed by atoms with van der Waals surface area (Å²) in [6, 6.07) is 7.91. The van der Waals surface area contributed by atoms with E-state index in [1.165, 1.54) is 12.5 Å². The van der Waals surface area contributed by atoms with E-state index in [1.54, 1.807) is 0 Å². The maximum atomic E-state index is 10.7. The predicted molar refractivity (Wildman–Crippen MR) is 111 cm³/mol. The van der Waals surface area contributed by atoms with E-state index in [9.17, 15) is 9.90 Å². The number of halogens is 1. The molecular formula is C22H27BrO6. The van der Waals surface area contributed by atoms with E-state index in [-0.39, 0.29) is 24.4 Å². The number of benzene rings is 1. The quantitative estimate of drug-likeness (QED) is 0.393. The van der Waals surface area contributed by atoms with Crippen molar-refractivity contribution < 1.29 is 29.2 Å².